The van der Waals surface area contributed by atoms with Crippen molar-refractivity contribution >= 4 is 65.5 Å². The van der Waals surface area contributed by atoms with Crippen LogP contribution in [0.2, 0.25) is 0 Å². The molecule has 170 valence electrons. The van der Waals surface area contributed by atoms with Gasteiger partial charge in [0, 0.05) is 0 Å². The van der Waals surface area contributed by atoms with Crippen LogP contribution < -0.4 is 26.5 Å². The minimum atomic E-state index is -2.46. The monoisotopic (exact) mass is 559 g/mol. The van der Waals surface area contributed by atoms with Crippen LogP contribution in [0.4, 0.5) is 17.1 Å². The normalized spacial score (nSPS) is 10.1. The first-order valence-corrected chi connectivity index (χ1v) is 14.2. The van der Waals surface area contributed by atoms with Gasteiger partial charge in [-0.15, -0.1) is 0 Å². The van der Waals surface area contributed by atoms with E-state index in [1.807, 2.05) is 72.8 Å². The van der Waals surface area contributed by atoms with E-state index < -0.39 is 20.2 Å². The van der Waals surface area contributed by atoms with E-state index in [9.17, 15) is 14.4 Å². The molecule has 0 radical (unpaired) electrons. The van der Waals surface area contributed by atoms with E-state index in [1.165, 1.54) is 28.8 Å². The maximum absolute atomic E-state index is 11.6. The average Bonchev–Trinajstić information content (AvgIpc) is 2.87. The second kappa shape index (κ2) is 11.8. The van der Waals surface area contributed by atoms with Gasteiger partial charge in [-0.25, -0.2) is 0 Å². The summed E-state index contributed by atoms with van der Waals surface area (Å²) in [6.45, 7) is 10.4. The molecule has 0 fully saturated rings. The molecule has 0 heterocycles. The molecule has 0 aliphatic heterocycles. The molecular weight excluding hydrogens is 536 g/mol. The van der Waals surface area contributed by atoms with Crippen LogP contribution in [0.3, 0.4) is 0 Å². The minimum absolute atomic E-state index is 0.264. The van der Waals surface area contributed by atoms with Crippen LogP contribution in [-0.4, -0.2) is 37.9 Å². The summed E-state index contributed by atoms with van der Waals surface area (Å²) < 4.78 is 3.56. The van der Waals surface area contributed by atoms with Crippen LogP contribution in [0.25, 0.3) is 0 Å². The summed E-state index contributed by atoms with van der Waals surface area (Å²) in [5, 5.41) is 8.30. The molecular formula is C27H24N3O3Sb. The average molecular weight is 560 g/mol. The zero-order valence-corrected chi connectivity index (χ0v) is 21.0. The molecule has 3 aromatic carbocycles. The van der Waals surface area contributed by atoms with E-state index in [0.29, 0.717) is 17.1 Å². The Hall–Kier alpha value is -3.89. The summed E-state index contributed by atoms with van der Waals surface area (Å²) in [6, 6.07) is 23.5. The van der Waals surface area contributed by atoms with Gasteiger partial charge in [0.25, 0.3) is 0 Å². The van der Waals surface area contributed by atoms with Gasteiger partial charge in [0.05, 0.1) is 0 Å². The topological polar surface area (TPSA) is 87.3 Å². The Morgan fingerprint density at radius 1 is 0.500 bits per heavy atom. The van der Waals surface area contributed by atoms with Crippen molar-refractivity contribution in [2.24, 2.45) is 0 Å². The Labute approximate surface area is 206 Å². The van der Waals surface area contributed by atoms with Crippen LogP contribution in [0, 0.1) is 0 Å². The van der Waals surface area contributed by atoms with Crippen LogP contribution in [0.5, 0.6) is 0 Å². The number of benzene rings is 3. The van der Waals surface area contributed by atoms with Crippen molar-refractivity contribution in [1.82, 2.24) is 0 Å². The first kappa shape index (κ1) is 24.7. The van der Waals surface area contributed by atoms with E-state index in [4.69, 9.17) is 0 Å². The number of carbonyl (C=O) groups is 3. The number of nitrogens with one attached hydrogen (secondary N) is 3. The van der Waals surface area contributed by atoms with Crippen LogP contribution in [0.1, 0.15) is 0 Å². The summed E-state index contributed by atoms with van der Waals surface area (Å²) in [7, 11) is 0. The molecule has 0 aliphatic rings. The molecule has 0 saturated carbocycles. The van der Waals surface area contributed by atoms with Crippen molar-refractivity contribution < 1.29 is 14.4 Å². The number of rotatable bonds is 9. The zero-order chi connectivity index (χ0) is 24.5. The fourth-order valence-corrected chi connectivity index (χ4v) is 9.49. The van der Waals surface area contributed by atoms with E-state index in [-0.39, 0.29) is 17.7 Å². The number of anilines is 3. The standard InChI is InChI=1S/3C9H8NO.Sb/c3*1-2-9(11)10-8-6-4-3-5-7-8;/h3*2,4-7H,1H2,(H,10,11);. The van der Waals surface area contributed by atoms with Crippen molar-refractivity contribution in [1.29, 1.82) is 0 Å². The maximum atomic E-state index is 11.6. The van der Waals surface area contributed by atoms with Gasteiger partial charge >= 0.3 is 207 Å². The van der Waals surface area contributed by atoms with Gasteiger partial charge in [0.1, 0.15) is 0 Å². The van der Waals surface area contributed by atoms with Gasteiger partial charge in [-0.2, -0.15) is 0 Å². The predicted molar refractivity (Wildman–Crippen MR) is 140 cm³/mol. The Kier molecular flexibility index (Phi) is 8.60. The molecule has 0 atom stereocenters. The molecule has 3 amide bonds. The summed E-state index contributed by atoms with van der Waals surface area (Å²) in [4.78, 5) is 34.8. The van der Waals surface area contributed by atoms with Gasteiger partial charge in [0.15, 0.2) is 0 Å². The Balaban J connectivity index is 1.96. The van der Waals surface area contributed by atoms with Crippen molar-refractivity contribution in [3.8, 4) is 0 Å². The summed E-state index contributed by atoms with van der Waals surface area (Å²) in [5.74, 6) is -0.792. The number of amides is 3. The molecule has 6 nitrogen and oxygen atoms in total. The second-order valence-electron chi connectivity index (χ2n) is 7.06. The Morgan fingerprint density at radius 3 is 0.941 bits per heavy atom. The second-order valence-corrected chi connectivity index (χ2v) is 13.4. The third-order valence-electron chi connectivity index (χ3n) is 4.74. The first-order chi connectivity index (χ1) is 16.4. The van der Waals surface area contributed by atoms with E-state index in [2.05, 4.69) is 35.7 Å². The van der Waals surface area contributed by atoms with E-state index in [1.54, 1.807) is 0 Å². The number of hydrogen-bond donors (Lipinski definition) is 3. The van der Waals surface area contributed by atoms with Crippen LogP contribution >= 0.6 is 0 Å². The van der Waals surface area contributed by atoms with E-state index >= 15 is 0 Å². The third kappa shape index (κ3) is 6.56. The molecule has 0 bridgehead atoms. The molecule has 34 heavy (non-hydrogen) atoms. The van der Waals surface area contributed by atoms with E-state index in [0.717, 1.165) is 0 Å². The number of hydrogen-bond acceptors (Lipinski definition) is 3. The summed E-state index contributed by atoms with van der Waals surface area (Å²) in [6.07, 6.45) is 3.69. The molecule has 3 rings (SSSR count). The Morgan fingerprint density at radius 2 is 0.735 bits per heavy atom. The molecule has 0 spiro atoms. The van der Waals surface area contributed by atoms with Crippen molar-refractivity contribution in [3.63, 3.8) is 0 Å². The van der Waals surface area contributed by atoms with Gasteiger partial charge in [-0.05, 0) is 0 Å². The molecule has 0 aromatic heterocycles. The predicted octanol–water partition coefficient (Wildman–Crippen LogP) is 2.58. The molecule has 0 unspecified atom stereocenters. The van der Waals surface area contributed by atoms with Gasteiger partial charge in [-0.1, -0.05) is 0 Å². The first-order valence-electron chi connectivity index (χ1n) is 10.3. The SMILES string of the molecule is C=CC(=O)Nc1cc[c]([Sb]([c]2ccc(NC(=O)C=C)cc2)[c]2ccc(NC(=O)C=C)cc2)cc1. The quantitative estimate of drug-likeness (QED) is 0.278. The summed E-state index contributed by atoms with van der Waals surface area (Å²) >= 11 is -2.46. The Bertz CT molecular complexity index is 1060. The van der Waals surface area contributed by atoms with Crippen molar-refractivity contribution in [2.45, 2.75) is 0 Å². The fraction of sp³-hybridized carbons (Fsp3) is 0. The summed E-state index contributed by atoms with van der Waals surface area (Å²) in [5.41, 5.74) is 2.08. The molecule has 0 saturated heterocycles. The van der Waals surface area contributed by atoms with Crippen LogP contribution in [-0.2, 0) is 14.4 Å². The van der Waals surface area contributed by atoms with Gasteiger partial charge < -0.3 is 0 Å². The van der Waals surface area contributed by atoms with Gasteiger partial charge in [0.2, 0.25) is 0 Å². The zero-order valence-electron chi connectivity index (χ0n) is 18.5. The van der Waals surface area contributed by atoms with Crippen molar-refractivity contribution in [2.75, 3.05) is 16.0 Å². The third-order valence-corrected chi connectivity index (χ3v) is 11.7. The number of carbonyl (C=O) groups excluding carboxylic acids is 3. The van der Waals surface area contributed by atoms with Crippen molar-refractivity contribution in [3.05, 3.63) is 111 Å². The molecule has 7 heteroatoms. The fourth-order valence-electron chi connectivity index (χ4n) is 3.11. The molecule has 3 aromatic rings. The van der Waals surface area contributed by atoms with Gasteiger partial charge in [-0.3, -0.25) is 0 Å². The van der Waals surface area contributed by atoms with Crippen LogP contribution in [0.15, 0.2) is 111 Å². The molecule has 0 aliphatic carbocycles. The molecule has 3 N–H and O–H groups in total.